The number of hydrogen-bond donors (Lipinski definition) is 3. The minimum atomic E-state index is -3.69. The first kappa shape index (κ1) is 23.5. The van der Waals surface area contributed by atoms with Crippen molar-refractivity contribution in [3.63, 3.8) is 0 Å². The van der Waals surface area contributed by atoms with Gasteiger partial charge in [0, 0.05) is 43.6 Å². The molecule has 0 aliphatic carbocycles. The van der Waals surface area contributed by atoms with Crippen LogP contribution in [0.1, 0.15) is 13.3 Å². The molecule has 1 atom stereocenters. The van der Waals surface area contributed by atoms with Gasteiger partial charge < -0.3 is 20.3 Å². The molecule has 34 heavy (non-hydrogen) atoms. The summed E-state index contributed by atoms with van der Waals surface area (Å²) in [6.07, 6.45) is 2.32. The minimum Gasteiger partial charge on any atom is -0.497 e. The number of hydrogen-bond acceptors (Lipinski definition) is 8. The molecule has 0 radical (unpaired) electrons. The molecular formula is C23H26N6O4S. The quantitative estimate of drug-likeness (QED) is 0.448. The molecule has 10 nitrogen and oxygen atoms in total. The van der Waals surface area contributed by atoms with E-state index in [2.05, 4.69) is 25.3 Å². The van der Waals surface area contributed by atoms with Crippen LogP contribution in [-0.2, 0) is 14.8 Å². The molecule has 3 N–H and O–H groups in total. The molecule has 0 bridgehead atoms. The number of carbonyl (C=O) groups excluding carboxylic acids is 1. The van der Waals surface area contributed by atoms with Gasteiger partial charge in [0.25, 0.3) is 0 Å². The Morgan fingerprint density at radius 2 is 1.76 bits per heavy atom. The Kier molecular flexibility index (Phi) is 6.94. The molecule has 178 valence electrons. The summed E-state index contributed by atoms with van der Waals surface area (Å²) in [5, 5.41) is 5.79. The predicted molar refractivity (Wildman–Crippen MR) is 130 cm³/mol. The molecular weight excluding hydrogens is 456 g/mol. The lowest BCUT2D eigenvalue weighted by Gasteiger charge is -2.18. The van der Waals surface area contributed by atoms with Gasteiger partial charge in [0.05, 0.1) is 12.0 Å². The van der Waals surface area contributed by atoms with Gasteiger partial charge in [-0.3, -0.25) is 4.79 Å². The normalized spacial score (nSPS) is 15.7. The molecule has 11 heteroatoms. The fourth-order valence-electron chi connectivity index (χ4n) is 3.66. The maximum Gasteiger partial charge on any atom is 0.240 e. The van der Waals surface area contributed by atoms with Gasteiger partial charge in [-0.05, 0) is 61.0 Å². The van der Waals surface area contributed by atoms with Crippen LogP contribution in [0.2, 0.25) is 0 Å². The summed E-state index contributed by atoms with van der Waals surface area (Å²) in [6, 6.07) is 15.1. The van der Waals surface area contributed by atoms with Crippen molar-refractivity contribution in [2.75, 3.05) is 35.7 Å². The number of ether oxygens (including phenoxy) is 1. The van der Waals surface area contributed by atoms with Crippen LogP contribution in [-0.4, -0.2) is 50.5 Å². The van der Waals surface area contributed by atoms with Crippen molar-refractivity contribution >= 4 is 39.1 Å². The van der Waals surface area contributed by atoms with Gasteiger partial charge in [0.1, 0.15) is 11.6 Å². The minimum absolute atomic E-state index is 0.146. The number of methoxy groups -OCH3 is 1. The molecule has 1 saturated heterocycles. The lowest BCUT2D eigenvalue weighted by Crippen LogP contribution is -2.37. The summed E-state index contributed by atoms with van der Waals surface area (Å²) in [5.41, 5.74) is 1.37. The van der Waals surface area contributed by atoms with Crippen LogP contribution in [0.4, 0.5) is 23.1 Å². The fraction of sp³-hybridized carbons (Fsp3) is 0.261. The first-order chi connectivity index (χ1) is 16.3. The number of carbonyl (C=O) groups is 1. The molecule has 0 saturated carbocycles. The van der Waals surface area contributed by atoms with Gasteiger partial charge in [-0.1, -0.05) is 0 Å². The van der Waals surface area contributed by atoms with Crippen molar-refractivity contribution in [3.05, 3.63) is 60.8 Å². The lowest BCUT2D eigenvalue weighted by atomic mass is 10.3. The van der Waals surface area contributed by atoms with Crippen molar-refractivity contribution in [1.29, 1.82) is 0 Å². The molecule has 3 aromatic rings. The van der Waals surface area contributed by atoms with Crippen LogP contribution in [0.25, 0.3) is 0 Å². The third-order valence-corrected chi connectivity index (χ3v) is 6.84. The molecule has 1 unspecified atom stereocenters. The van der Waals surface area contributed by atoms with E-state index in [1.807, 2.05) is 29.2 Å². The number of aromatic nitrogens is 2. The van der Waals surface area contributed by atoms with E-state index >= 15 is 0 Å². The molecule has 2 aromatic carbocycles. The Labute approximate surface area is 198 Å². The molecule has 4 rings (SSSR count). The summed E-state index contributed by atoms with van der Waals surface area (Å²) in [4.78, 5) is 22.2. The predicted octanol–water partition coefficient (Wildman–Crippen LogP) is 2.74. The largest absolute Gasteiger partial charge is 0.497 e. The van der Waals surface area contributed by atoms with Crippen LogP contribution >= 0.6 is 0 Å². The van der Waals surface area contributed by atoms with Crippen LogP contribution in [0.15, 0.2) is 65.7 Å². The number of amides is 1. The van der Waals surface area contributed by atoms with Crippen molar-refractivity contribution in [2.45, 2.75) is 24.3 Å². The molecule has 1 aromatic heterocycles. The van der Waals surface area contributed by atoms with Crippen LogP contribution in [0.3, 0.4) is 0 Å². The third kappa shape index (κ3) is 5.80. The van der Waals surface area contributed by atoms with Crippen molar-refractivity contribution < 1.29 is 17.9 Å². The zero-order valence-corrected chi connectivity index (χ0v) is 19.7. The van der Waals surface area contributed by atoms with E-state index in [-0.39, 0.29) is 16.8 Å². The molecule has 1 amide bonds. The maximum atomic E-state index is 12.8. The number of nitrogens with one attached hydrogen (secondary N) is 3. The highest BCUT2D eigenvalue weighted by molar-refractivity contribution is 7.89. The van der Waals surface area contributed by atoms with Gasteiger partial charge in [-0.15, -0.1) is 0 Å². The van der Waals surface area contributed by atoms with Crippen molar-refractivity contribution in [2.24, 2.45) is 0 Å². The highest BCUT2D eigenvalue weighted by atomic mass is 32.2. The second-order valence-corrected chi connectivity index (χ2v) is 9.56. The second-order valence-electron chi connectivity index (χ2n) is 7.85. The Bertz CT molecular complexity index is 1250. The second kappa shape index (κ2) is 10.1. The summed E-state index contributed by atoms with van der Waals surface area (Å²) >= 11 is 0. The Morgan fingerprint density at radius 1 is 1.06 bits per heavy atom. The van der Waals surface area contributed by atoms with Crippen molar-refractivity contribution in [1.82, 2.24) is 14.7 Å². The summed E-state index contributed by atoms with van der Waals surface area (Å²) in [5.74, 6) is 1.71. The third-order valence-electron chi connectivity index (χ3n) is 5.31. The van der Waals surface area contributed by atoms with Crippen LogP contribution < -0.4 is 25.0 Å². The van der Waals surface area contributed by atoms with Gasteiger partial charge in [0.2, 0.25) is 21.9 Å². The number of anilines is 4. The topological polar surface area (TPSA) is 126 Å². The zero-order chi connectivity index (χ0) is 24.1. The van der Waals surface area contributed by atoms with E-state index < -0.39 is 10.0 Å². The Balaban J connectivity index is 1.38. The van der Waals surface area contributed by atoms with Crippen LogP contribution in [0.5, 0.6) is 5.75 Å². The highest BCUT2D eigenvalue weighted by Crippen LogP contribution is 2.23. The van der Waals surface area contributed by atoms with E-state index in [0.717, 1.165) is 11.4 Å². The van der Waals surface area contributed by atoms with Gasteiger partial charge >= 0.3 is 0 Å². The summed E-state index contributed by atoms with van der Waals surface area (Å²) in [6.45, 7) is 2.55. The number of nitrogens with zero attached hydrogens (tertiary/aromatic N) is 3. The zero-order valence-electron chi connectivity index (χ0n) is 18.9. The molecule has 1 fully saturated rings. The smallest absolute Gasteiger partial charge is 0.240 e. The summed E-state index contributed by atoms with van der Waals surface area (Å²) < 4.78 is 33.5. The number of sulfonamides is 1. The fourth-order valence-corrected chi connectivity index (χ4v) is 4.92. The van der Waals surface area contributed by atoms with Crippen LogP contribution in [0, 0.1) is 0 Å². The van der Waals surface area contributed by atoms with Gasteiger partial charge in [-0.2, -0.15) is 4.98 Å². The maximum absolute atomic E-state index is 12.8. The molecule has 1 aliphatic heterocycles. The van der Waals surface area contributed by atoms with E-state index in [1.54, 1.807) is 31.5 Å². The average Bonchev–Trinajstić information content (AvgIpc) is 3.27. The Hall–Kier alpha value is -3.70. The van der Waals surface area contributed by atoms with E-state index in [0.29, 0.717) is 37.0 Å². The number of rotatable bonds is 8. The Morgan fingerprint density at radius 3 is 2.44 bits per heavy atom. The number of benzene rings is 2. The molecule has 1 aliphatic rings. The lowest BCUT2D eigenvalue weighted by molar-refractivity contribution is -0.114. The average molecular weight is 483 g/mol. The van der Waals surface area contributed by atoms with Gasteiger partial charge in [-0.25, -0.2) is 18.1 Å². The highest BCUT2D eigenvalue weighted by Gasteiger charge is 2.28. The van der Waals surface area contributed by atoms with Gasteiger partial charge in [0.15, 0.2) is 0 Å². The van der Waals surface area contributed by atoms with E-state index in [4.69, 9.17) is 4.74 Å². The molecule has 0 spiro atoms. The monoisotopic (exact) mass is 482 g/mol. The SMILES string of the molecule is COc1ccc(Nc2nccc(N3CCC(NS(=O)(=O)c4ccc(NC(C)=O)cc4)C3)n2)cc1. The standard InChI is InChI=1S/C23H26N6O4S/c1-16(30)25-17-5-9-21(10-6-17)34(31,32)28-19-12-14-29(15-19)22-11-13-24-23(27-22)26-18-3-7-20(33-2)8-4-18/h3-11,13,19,28H,12,14-15H2,1-2H3,(H,25,30)(H,24,26,27). The first-order valence-electron chi connectivity index (χ1n) is 10.7. The van der Waals surface area contributed by atoms with Crippen molar-refractivity contribution in [3.8, 4) is 5.75 Å². The molecule has 2 heterocycles. The van der Waals surface area contributed by atoms with E-state index in [1.165, 1.54) is 19.1 Å². The summed E-state index contributed by atoms with van der Waals surface area (Å²) in [7, 11) is -2.08. The van der Waals surface area contributed by atoms with E-state index in [9.17, 15) is 13.2 Å². The first-order valence-corrected chi connectivity index (χ1v) is 12.2.